The first kappa shape index (κ1) is 15.6. The zero-order chi connectivity index (χ0) is 16.6. The Bertz CT molecular complexity index is 745. The smallest absolute Gasteiger partial charge is 0.266 e. The summed E-state index contributed by atoms with van der Waals surface area (Å²) in [5.41, 5.74) is 0.603. The van der Waals surface area contributed by atoms with Crippen molar-refractivity contribution in [2.24, 2.45) is 0 Å². The molecule has 2 heterocycles. The van der Waals surface area contributed by atoms with Crippen LogP contribution in [-0.2, 0) is 9.59 Å². The number of ether oxygens (including phenoxy) is 3. The zero-order valence-electron chi connectivity index (χ0n) is 11.9. The minimum atomic E-state index is -1.37. The van der Waals surface area contributed by atoms with E-state index >= 15 is 0 Å². The van der Waals surface area contributed by atoms with E-state index in [4.69, 9.17) is 26.4 Å². The molecule has 0 aromatic heterocycles. The van der Waals surface area contributed by atoms with Crippen molar-refractivity contribution in [3.63, 3.8) is 0 Å². The largest absolute Gasteiger partial charge is 0.548 e. The number of hydrogen-bond donors (Lipinski definition) is 0. The number of thiocarbonyl (C=S) groups is 1. The second-order valence-corrected chi connectivity index (χ2v) is 6.26. The van der Waals surface area contributed by atoms with Crippen LogP contribution >= 0.6 is 24.0 Å². The third-order valence-electron chi connectivity index (χ3n) is 3.17. The SMILES string of the molecule is COc1cc2c(cc1/C=C1/SC(=S)N(CC(=O)[O-])C1=O)OCO2. The van der Waals surface area contributed by atoms with Crippen molar-refractivity contribution in [3.8, 4) is 17.2 Å². The summed E-state index contributed by atoms with van der Waals surface area (Å²) in [5, 5.41) is 10.7. The van der Waals surface area contributed by atoms with Crippen LogP contribution in [0.3, 0.4) is 0 Å². The van der Waals surface area contributed by atoms with E-state index < -0.39 is 18.4 Å². The molecule has 3 rings (SSSR count). The maximum atomic E-state index is 12.3. The lowest BCUT2D eigenvalue weighted by atomic mass is 10.1. The number of carbonyl (C=O) groups is 2. The molecule has 1 amide bonds. The minimum absolute atomic E-state index is 0.121. The van der Waals surface area contributed by atoms with Crippen LogP contribution in [0, 0.1) is 0 Å². The standard InChI is InChI=1S/C14H11NO6S2/c1-19-8-4-10-9(20-6-21-10)2-7(8)3-11-13(18)15(5-12(16)17)14(22)23-11/h2-4H,5-6H2,1H3,(H,16,17)/p-1/b11-3+. The first-order valence-electron chi connectivity index (χ1n) is 6.42. The second kappa shape index (κ2) is 6.09. The lowest BCUT2D eigenvalue weighted by Crippen LogP contribution is -2.40. The van der Waals surface area contributed by atoms with Crippen LogP contribution in [0.1, 0.15) is 5.56 Å². The Labute approximate surface area is 140 Å². The van der Waals surface area contributed by atoms with Gasteiger partial charge in [-0.25, -0.2) is 0 Å². The van der Waals surface area contributed by atoms with E-state index in [0.717, 1.165) is 16.7 Å². The molecule has 0 atom stereocenters. The van der Waals surface area contributed by atoms with E-state index in [1.807, 2.05) is 0 Å². The molecular weight excluding hydrogens is 342 g/mol. The van der Waals surface area contributed by atoms with Gasteiger partial charge in [0, 0.05) is 11.6 Å². The van der Waals surface area contributed by atoms with Gasteiger partial charge in [0.1, 0.15) is 10.1 Å². The van der Waals surface area contributed by atoms with Gasteiger partial charge in [0.25, 0.3) is 5.91 Å². The molecule has 0 unspecified atom stereocenters. The van der Waals surface area contributed by atoms with Gasteiger partial charge in [0.05, 0.1) is 24.5 Å². The quantitative estimate of drug-likeness (QED) is 0.567. The minimum Gasteiger partial charge on any atom is -0.548 e. The first-order chi connectivity index (χ1) is 11.0. The van der Waals surface area contributed by atoms with Crippen LogP contribution in [0.25, 0.3) is 6.08 Å². The van der Waals surface area contributed by atoms with E-state index in [9.17, 15) is 14.7 Å². The molecule has 2 aliphatic rings. The number of rotatable bonds is 4. The lowest BCUT2D eigenvalue weighted by molar-refractivity contribution is -0.305. The van der Waals surface area contributed by atoms with E-state index in [-0.39, 0.29) is 11.1 Å². The van der Waals surface area contributed by atoms with Crippen LogP contribution in [0.2, 0.25) is 0 Å². The number of carbonyl (C=O) groups excluding carboxylic acids is 2. The summed E-state index contributed by atoms with van der Waals surface area (Å²) < 4.78 is 16.0. The van der Waals surface area contributed by atoms with Crippen molar-refractivity contribution in [2.75, 3.05) is 20.4 Å². The Balaban J connectivity index is 1.94. The number of carboxylic acids is 1. The number of fused-ring (bicyclic) bond motifs is 1. The molecule has 0 spiro atoms. The van der Waals surface area contributed by atoms with E-state index in [1.54, 1.807) is 18.2 Å². The second-order valence-electron chi connectivity index (χ2n) is 4.59. The van der Waals surface area contributed by atoms with Crippen LogP contribution in [0.4, 0.5) is 0 Å². The van der Waals surface area contributed by atoms with Crippen molar-refractivity contribution in [3.05, 3.63) is 22.6 Å². The fourth-order valence-corrected chi connectivity index (χ4v) is 3.38. The number of amides is 1. The van der Waals surface area contributed by atoms with Crippen molar-refractivity contribution < 1.29 is 28.9 Å². The topological polar surface area (TPSA) is 88.1 Å². The Morgan fingerprint density at radius 2 is 2.17 bits per heavy atom. The van der Waals surface area contributed by atoms with E-state index in [0.29, 0.717) is 27.7 Å². The van der Waals surface area contributed by atoms with E-state index in [1.165, 1.54) is 7.11 Å². The van der Waals surface area contributed by atoms with Gasteiger partial charge in [-0.2, -0.15) is 0 Å². The van der Waals surface area contributed by atoms with Crippen molar-refractivity contribution >= 4 is 46.3 Å². The van der Waals surface area contributed by atoms with Crippen LogP contribution < -0.4 is 19.3 Å². The third-order valence-corrected chi connectivity index (χ3v) is 4.55. The molecule has 0 N–H and O–H groups in total. The molecule has 23 heavy (non-hydrogen) atoms. The molecule has 1 aromatic carbocycles. The molecule has 0 saturated carbocycles. The number of nitrogens with zero attached hydrogens (tertiary/aromatic N) is 1. The number of methoxy groups -OCH3 is 1. The molecule has 1 fully saturated rings. The first-order valence-corrected chi connectivity index (χ1v) is 7.65. The molecular formula is C14H10NO6S2-. The number of hydrogen-bond acceptors (Lipinski definition) is 8. The number of thioether (sulfide) groups is 1. The summed E-state index contributed by atoms with van der Waals surface area (Å²) in [6.07, 6.45) is 1.58. The lowest BCUT2D eigenvalue weighted by Gasteiger charge is -2.14. The van der Waals surface area contributed by atoms with Gasteiger partial charge in [0.2, 0.25) is 6.79 Å². The normalized spacial score (nSPS) is 18.0. The molecule has 120 valence electrons. The summed E-state index contributed by atoms with van der Waals surface area (Å²) in [6, 6.07) is 3.35. The zero-order valence-corrected chi connectivity index (χ0v) is 13.5. The van der Waals surface area contributed by atoms with Gasteiger partial charge in [-0.3, -0.25) is 9.69 Å². The summed E-state index contributed by atoms with van der Waals surface area (Å²) in [5.74, 6) is -0.252. The average molecular weight is 352 g/mol. The Morgan fingerprint density at radius 1 is 1.48 bits per heavy atom. The highest BCUT2D eigenvalue weighted by atomic mass is 32.2. The van der Waals surface area contributed by atoms with Gasteiger partial charge in [0.15, 0.2) is 11.5 Å². The van der Waals surface area contributed by atoms with E-state index in [2.05, 4.69) is 0 Å². The summed E-state index contributed by atoms with van der Waals surface area (Å²) in [6.45, 7) is -0.448. The van der Waals surface area contributed by atoms with Gasteiger partial charge >= 0.3 is 0 Å². The molecule has 0 bridgehead atoms. The monoisotopic (exact) mass is 352 g/mol. The molecule has 0 radical (unpaired) electrons. The number of aliphatic carboxylic acids is 1. The summed E-state index contributed by atoms with van der Waals surface area (Å²) in [4.78, 5) is 24.2. The van der Waals surface area contributed by atoms with Crippen molar-refractivity contribution in [2.45, 2.75) is 0 Å². The molecule has 7 nitrogen and oxygen atoms in total. The number of carboxylic acid groups (broad SMARTS) is 1. The van der Waals surface area contributed by atoms with Crippen molar-refractivity contribution in [1.82, 2.24) is 4.90 Å². The Morgan fingerprint density at radius 3 is 2.83 bits per heavy atom. The number of benzene rings is 1. The van der Waals surface area contributed by atoms with Gasteiger partial charge in [-0.05, 0) is 12.1 Å². The fourth-order valence-electron chi connectivity index (χ4n) is 2.14. The predicted octanol–water partition coefficient (Wildman–Crippen LogP) is 0.375. The molecule has 1 aromatic rings. The van der Waals surface area contributed by atoms with Gasteiger partial charge in [-0.15, -0.1) is 0 Å². The Hall–Kier alpha value is -2.26. The highest BCUT2D eigenvalue weighted by Gasteiger charge is 2.32. The van der Waals surface area contributed by atoms with Gasteiger partial charge in [-0.1, -0.05) is 24.0 Å². The predicted molar refractivity (Wildman–Crippen MR) is 84.0 cm³/mol. The van der Waals surface area contributed by atoms with Gasteiger partial charge < -0.3 is 24.1 Å². The fraction of sp³-hybridized carbons (Fsp3) is 0.214. The third kappa shape index (κ3) is 2.97. The summed E-state index contributed by atoms with van der Waals surface area (Å²) >= 11 is 6.05. The molecule has 9 heteroatoms. The molecule has 1 saturated heterocycles. The molecule has 0 aliphatic carbocycles. The van der Waals surface area contributed by atoms with Crippen LogP contribution in [-0.4, -0.2) is 41.5 Å². The highest BCUT2D eigenvalue weighted by Crippen LogP contribution is 2.40. The summed E-state index contributed by atoms with van der Waals surface area (Å²) in [7, 11) is 1.50. The molecule has 2 aliphatic heterocycles. The Kier molecular flexibility index (Phi) is 4.14. The highest BCUT2D eigenvalue weighted by molar-refractivity contribution is 8.26. The maximum absolute atomic E-state index is 12.3. The van der Waals surface area contributed by atoms with Crippen molar-refractivity contribution in [1.29, 1.82) is 0 Å². The van der Waals surface area contributed by atoms with Crippen LogP contribution in [0.5, 0.6) is 17.2 Å². The average Bonchev–Trinajstić information content (AvgIpc) is 3.06. The van der Waals surface area contributed by atoms with Crippen LogP contribution in [0.15, 0.2) is 17.0 Å². The maximum Gasteiger partial charge on any atom is 0.266 e.